The average Bonchev–Trinajstić information content (AvgIpc) is 2.68. The quantitative estimate of drug-likeness (QED) is 0.192. The van der Waals surface area contributed by atoms with Crippen LogP contribution in [0.3, 0.4) is 0 Å². The molecule has 0 heterocycles. The molecule has 32 heavy (non-hydrogen) atoms. The van der Waals surface area contributed by atoms with Crippen LogP contribution in [0.4, 0.5) is 0 Å². The summed E-state index contributed by atoms with van der Waals surface area (Å²) < 4.78 is 0. The van der Waals surface area contributed by atoms with Crippen molar-refractivity contribution in [3.8, 4) is 0 Å². The summed E-state index contributed by atoms with van der Waals surface area (Å²) in [7, 11) is 0. The summed E-state index contributed by atoms with van der Waals surface area (Å²) >= 11 is 0. The van der Waals surface area contributed by atoms with Gasteiger partial charge in [-0.05, 0) is 50.0 Å². The van der Waals surface area contributed by atoms with Crippen LogP contribution < -0.4 is 27.4 Å². The molecule has 0 aliphatic rings. The summed E-state index contributed by atoms with van der Waals surface area (Å²) in [5.41, 5.74) is 11.4. The van der Waals surface area contributed by atoms with Gasteiger partial charge in [-0.3, -0.25) is 14.4 Å². The number of amides is 3. The van der Waals surface area contributed by atoms with E-state index in [2.05, 4.69) is 16.0 Å². The Morgan fingerprint density at radius 3 is 1.75 bits per heavy atom. The van der Waals surface area contributed by atoms with Gasteiger partial charge in [0.1, 0.15) is 18.1 Å². The first-order chi connectivity index (χ1) is 14.8. The highest BCUT2D eigenvalue weighted by atomic mass is 16.4. The van der Waals surface area contributed by atoms with Crippen molar-refractivity contribution >= 4 is 23.7 Å². The SMILES string of the molecule is CC(C)CC(NC(=O)C(N)C(C)C)C(=O)NC(CCCCN)C(=O)NC(C(=O)O)C(C)C. The topological polar surface area (TPSA) is 177 Å². The molecule has 10 nitrogen and oxygen atoms in total. The van der Waals surface area contributed by atoms with Gasteiger partial charge >= 0.3 is 5.97 Å². The maximum absolute atomic E-state index is 13.0. The first-order valence-corrected chi connectivity index (χ1v) is 11.4. The number of aliphatic carboxylic acids is 1. The van der Waals surface area contributed by atoms with E-state index in [0.717, 1.165) is 0 Å². The number of unbranched alkanes of at least 4 members (excludes halogenated alkanes) is 1. The molecule has 0 aromatic carbocycles. The smallest absolute Gasteiger partial charge is 0.326 e. The number of hydrogen-bond acceptors (Lipinski definition) is 6. The minimum atomic E-state index is -1.15. The molecule has 0 aliphatic carbocycles. The van der Waals surface area contributed by atoms with Crippen molar-refractivity contribution in [3.63, 3.8) is 0 Å². The molecule has 10 heteroatoms. The first-order valence-electron chi connectivity index (χ1n) is 11.4. The Morgan fingerprint density at radius 2 is 1.31 bits per heavy atom. The van der Waals surface area contributed by atoms with E-state index in [1.54, 1.807) is 13.8 Å². The number of rotatable bonds is 15. The second kappa shape index (κ2) is 14.8. The molecule has 0 fully saturated rings. The van der Waals surface area contributed by atoms with Crippen molar-refractivity contribution in [3.05, 3.63) is 0 Å². The van der Waals surface area contributed by atoms with E-state index in [1.165, 1.54) is 0 Å². The Labute approximate surface area is 191 Å². The standard InChI is InChI=1S/C22H43N5O5/c1-12(2)11-16(26-21(30)17(24)13(3)4)20(29)25-15(9-7-8-10-23)19(28)27-18(14(5)6)22(31)32/h12-18H,7-11,23-24H2,1-6H3,(H,25,29)(H,26,30)(H,27,28)(H,31,32). The first kappa shape index (κ1) is 29.8. The third-order valence-electron chi connectivity index (χ3n) is 5.17. The maximum atomic E-state index is 13.0. The van der Waals surface area contributed by atoms with E-state index in [-0.39, 0.29) is 17.8 Å². The normalized spacial score (nSPS) is 15.2. The van der Waals surface area contributed by atoms with Gasteiger partial charge in [-0.1, -0.05) is 41.5 Å². The molecule has 4 atom stereocenters. The fourth-order valence-corrected chi connectivity index (χ4v) is 3.07. The lowest BCUT2D eigenvalue weighted by molar-refractivity contribution is -0.143. The molecule has 0 saturated heterocycles. The second-order valence-electron chi connectivity index (χ2n) is 9.37. The minimum absolute atomic E-state index is 0.100. The Kier molecular flexibility index (Phi) is 13.8. The molecule has 0 saturated carbocycles. The molecule has 0 aromatic rings. The van der Waals surface area contributed by atoms with Crippen LogP contribution in [-0.4, -0.2) is 59.5 Å². The van der Waals surface area contributed by atoms with Crippen molar-refractivity contribution in [2.24, 2.45) is 29.2 Å². The molecule has 3 amide bonds. The molecule has 8 N–H and O–H groups in total. The number of hydrogen-bond donors (Lipinski definition) is 6. The monoisotopic (exact) mass is 457 g/mol. The molecule has 0 bridgehead atoms. The highest BCUT2D eigenvalue weighted by molar-refractivity contribution is 5.94. The zero-order valence-electron chi connectivity index (χ0n) is 20.3. The van der Waals surface area contributed by atoms with Crippen molar-refractivity contribution in [1.29, 1.82) is 0 Å². The van der Waals surface area contributed by atoms with Crippen molar-refractivity contribution in [1.82, 2.24) is 16.0 Å². The highest BCUT2D eigenvalue weighted by Gasteiger charge is 2.31. The summed E-state index contributed by atoms with van der Waals surface area (Å²) in [6.07, 6.45) is 1.89. The second-order valence-corrected chi connectivity index (χ2v) is 9.37. The zero-order chi connectivity index (χ0) is 25.0. The molecule has 0 aromatic heterocycles. The average molecular weight is 458 g/mol. The summed E-state index contributed by atoms with van der Waals surface area (Å²) in [6, 6.07) is -3.65. The van der Waals surface area contributed by atoms with Crippen LogP contribution in [0.2, 0.25) is 0 Å². The third kappa shape index (κ3) is 10.9. The molecule has 0 radical (unpaired) electrons. The lowest BCUT2D eigenvalue weighted by atomic mass is 9.99. The summed E-state index contributed by atoms with van der Waals surface area (Å²) in [4.78, 5) is 49.8. The van der Waals surface area contributed by atoms with Gasteiger partial charge < -0.3 is 32.5 Å². The maximum Gasteiger partial charge on any atom is 0.326 e. The van der Waals surface area contributed by atoms with Crippen molar-refractivity contribution in [2.75, 3.05) is 6.54 Å². The number of carboxylic acids is 1. The van der Waals surface area contributed by atoms with Crippen LogP contribution in [0.5, 0.6) is 0 Å². The van der Waals surface area contributed by atoms with Crippen molar-refractivity contribution in [2.45, 2.75) is 91.4 Å². The van der Waals surface area contributed by atoms with Gasteiger partial charge in [-0.25, -0.2) is 4.79 Å². The van der Waals surface area contributed by atoms with E-state index in [4.69, 9.17) is 11.5 Å². The predicted octanol–water partition coefficient (Wildman–Crippen LogP) is 0.340. The molecule has 4 unspecified atom stereocenters. The predicted molar refractivity (Wildman–Crippen MR) is 123 cm³/mol. The van der Waals surface area contributed by atoms with Gasteiger partial charge in [0, 0.05) is 0 Å². The Hall–Kier alpha value is -2.20. The van der Waals surface area contributed by atoms with Gasteiger partial charge in [0.05, 0.1) is 6.04 Å². The Balaban J connectivity index is 5.51. The summed E-state index contributed by atoms with van der Waals surface area (Å²) in [5.74, 6) is -3.00. The third-order valence-corrected chi connectivity index (χ3v) is 5.17. The molecule has 186 valence electrons. The van der Waals surface area contributed by atoms with Crippen LogP contribution in [-0.2, 0) is 19.2 Å². The van der Waals surface area contributed by atoms with Gasteiger partial charge in [0.25, 0.3) is 0 Å². The number of nitrogens with one attached hydrogen (secondary N) is 3. The lowest BCUT2D eigenvalue weighted by Gasteiger charge is -2.27. The molecular formula is C22H43N5O5. The zero-order valence-corrected chi connectivity index (χ0v) is 20.3. The van der Waals surface area contributed by atoms with Crippen LogP contribution in [0.25, 0.3) is 0 Å². The Bertz CT molecular complexity index is 624. The number of carbonyl (C=O) groups excluding carboxylic acids is 3. The van der Waals surface area contributed by atoms with E-state index >= 15 is 0 Å². The molecular weight excluding hydrogens is 414 g/mol. The van der Waals surface area contributed by atoms with E-state index in [1.807, 2.05) is 27.7 Å². The van der Waals surface area contributed by atoms with Gasteiger partial charge in [0.15, 0.2) is 0 Å². The Morgan fingerprint density at radius 1 is 0.781 bits per heavy atom. The van der Waals surface area contributed by atoms with Crippen LogP contribution >= 0.6 is 0 Å². The van der Waals surface area contributed by atoms with E-state index < -0.39 is 47.9 Å². The van der Waals surface area contributed by atoms with Crippen molar-refractivity contribution < 1.29 is 24.3 Å². The number of nitrogens with two attached hydrogens (primary N) is 2. The van der Waals surface area contributed by atoms with Gasteiger partial charge in [-0.2, -0.15) is 0 Å². The van der Waals surface area contributed by atoms with Gasteiger partial charge in [0.2, 0.25) is 17.7 Å². The minimum Gasteiger partial charge on any atom is -0.480 e. The summed E-state index contributed by atoms with van der Waals surface area (Å²) in [5, 5.41) is 17.3. The summed E-state index contributed by atoms with van der Waals surface area (Å²) in [6.45, 7) is 11.3. The van der Waals surface area contributed by atoms with Crippen LogP contribution in [0.1, 0.15) is 67.2 Å². The molecule has 0 spiro atoms. The van der Waals surface area contributed by atoms with E-state index in [0.29, 0.717) is 32.2 Å². The fraction of sp³-hybridized carbons (Fsp3) is 0.818. The highest BCUT2D eigenvalue weighted by Crippen LogP contribution is 2.10. The van der Waals surface area contributed by atoms with Crippen LogP contribution in [0.15, 0.2) is 0 Å². The largest absolute Gasteiger partial charge is 0.480 e. The number of carbonyl (C=O) groups is 4. The fourth-order valence-electron chi connectivity index (χ4n) is 3.07. The van der Waals surface area contributed by atoms with Gasteiger partial charge in [-0.15, -0.1) is 0 Å². The molecule has 0 aliphatic heterocycles. The van der Waals surface area contributed by atoms with E-state index in [9.17, 15) is 24.3 Å². The molecule has 0 rings (SSSR count). The number of carboxylic acid groups (broad SMARTS) is 1. The van der Waals surface area contributed by atoms with Crippen LogP contribution in [0, 0.1) is 17.8 Å². The lowest BCUT2D eigenvalue weighted by Crippen LogP contribution is -2.58.